The van der Waals surface area contributed by atoms with Crippen molar-refractivity contribution in [1.29, 1.82) is 0 Å². The number of urea groups is 1. The normalized spacial score (nSPS) is 15.8. The average molecular weight is 423 g/mol. The van der Waals surface area contributed by atoms with Gasteiger partial charge in [0, 0.05) is 30.9 Å². The average Bonchev–Trinajstić information content (AvgIpc) is 2.77. The van der Waals surface area contributed by atoms with E-state index in [1.807, 2.05) is 48.2 Å². The summed E-state index contributed by atoms with van der Waals surface area (Å²) in [5.74, 6) is 0.143. The third-order valence-electron chi connectivity index (χ3n) is 5.41. The maximum absolute atomic E-state index is 12.8. The third kappa shape index (κ3) is 6.57. The van der Waals surface area contributed by atoms with Crippen LogP contribution in [0.1, 0.15) is 41.3 Å². The molecule has 7 nitrogen and oxygen atoms in total. The zero-order valence-corrected chi connectivity index (χ0v) is 18.1. The van der Waals surface area contributed by atoms with Gasteiger partial charge in [0.2, 0.25) is 5.91 Å². The highest BCUT2D eigenvalue weighted by atomic mass is 16.2. The first-order valence-corrected chi connectivity index (χ1v) is 10.7. The predicted octanol–water partition coefficient (Wildman–Crippen LogP) is 3.31. The molecule has 1 aliphatic heterocycles. The molecule has 0 spiro atoms. The summed E-state index contributed by atoms with van der Waals surface area (Å²) in [5.41, 5.74) is 3.23. The SMILES string of the molecule is Cc1cc(C(=O)N2CCCC(C)C2)ccc1NCC(=O)NC(=O)NCc1ccccc1. The smallest absolute Gasteiger partial charge is 0.321 e. The van der Waals surface area contributed by atoms with Crippen LogP contribution >= 0.6 is 0 Å². The Balaban J connectivity index is 1.47. The van der Waals surface area contributed by atoms with E-state index in [9.17, 15) is 14.4 Å². The number of aryl methyl sites for hydroxylation is 1. The molecule has 2 aromatic rings. The highest BCUT2D eigenvalue weighted by Gasteiger charge is 2.22. The molecule has 0 radical (unpaired) electrons. The number of likely N-dealkylation sites (tertiary alicyclic amines) is 1. The number of rotatable bonds is 6. The zero-order valence-electron chi connectivity index (χ0n) is 18.1. The molecule has 1 heterocycles. The Hall–Kier alpha value is -3.35. The van der Waals surface area contributed by atoms with E-state index in [1.54, 1.807) is 12.1 Å². The van der Waals surface area contributed by atoms with Crippen molar-refractivity contribution >= 4 is 23.5 Å². The molecule has 1 aliphatic rings. The third-order valence-corrected chi connectivity index (χ3v) is 5.41. The van der Waals surface area contributed by atoms with Gasteiger partial charge in [-0.3, -0.25) is 14.9 Å². The highest BCUT2D eigenvalue weighted by Crippen LogP contribution is 2.21. The summed E-state index contributed by atoms with van der Waals surface area (Å²) in [6.07, 6.45) is 2.21. The van der Waals surface area contributed by atoms with Crippen LogP contribution in [0.4, 0.5) is 10.5 Å². The van der Waals surface area contributed by atoms with Crippen LogP contribution in [-0.2, 0) is 11.3 Å². The summed E-state index contributed by atoms with van der Waals surface area (Å²) in [6.45, 7) is 5.96. The highest BCUT2D eigenvalue weighted by molar-refractivity contribution is 5.97. The predicted molar refractivity (Wildman–Crippen MR) is 121 cm³/mol. The maximum atomic E-state index is 12.8. The van der Waals surface area contributed by atoms with E-state index >= 15 is 0 Å². The Morgan fingerprint density at radius 1 is 1.10 bits per heavy atom. The lowest BCUT2D eigenvalue weighted by Gasteiger charge is -2.31. The molecule has 0 saturated carbocycles. The lowest BCUT2D eigenvalue weighted by Crippen LogP contribution is -2.41. The summed E-state index contributed by atoms with van der Waals surface area (Å²) in [4.78, 5) is 38.6. The number of piperidine rings is 1. The molecular weight excluding hydrogens is 392 g/mol. The lowest BCUT2D eigenvalue weighted by molar-refractivity contribution is -0.118. The van der Waals surface area contributed by atoms with Gasteiger partial charge in [-0.05, 0) is 55.0 Å². The monoisotopic (exact) mass is 422 g/mol. The number of carbonyl (C=O) groups excluding carboxylic acids is 3. The number of nitrogens with zero attached hydrogens (tertiary/aromatic N) is 1. The molecule has 31 heavy (non-hydrogen) atoms. The molecule has 1 fully saturated rings. The number of nitrogens with one attached hydrogen (secondary N) is 3. The maximum Gasteiger partial charge on any atom is 0.321 e. The van der Waals surface area contributed by atoms with E-state index in [0.717, 1.165) is 42.7 Å². The van der Waals surface area contributed by atoms with E-state index in [-0.39, 0.29) is 12.5 Å². The van der Waals surface area contributed by atoms with E-state index in [1.165, 1.54) is 0 Å². The van der Waals surface area contributed by atoms with Crippen LogP contribution < -0.4 is 16.0 Å². The number of benzene rings is 2. The van der Waals surface area contributed by atoms with Crippen LogP contribution in [0.15, 0.2) is 48.5 Å². The molecule has 1 unspecified atom stereocenters. The molecule has 3 rings (SSSR count). The van der Waals surface area contributed by atoms with Gasteiger partial charge in [0.15, 0.2) is 0 Å². The molecular formula is C24H30N4O3. The zero-order chi connectivity index (χ0) is 22.2. The van der Waals surface area contributed by atoms with Gasteiger partial charge in [0.25, 0.3) is 5.91 Å². The van der Waals surface area contributed by atoms with Crippen molar-refractivity contribution in [2.75, 3.05) is 25.0 Å². The number of hydrogen-bond donors (Lipinski definition) is 3. The molecule has 164 valence electrons. The van der Waals surface area contributed by atoms with E-state index in [0.29, 0.717) is 18.0 Å². The largest absolute Gasteiger partial charge is 0.376 e. The number of imide groups is 1. The van der Waals surface area contributed by atoms with Gasteiger partial charge in [-0.25, -0.2) is 4.79 Å². The summed E-state index contributed by atoms with van der Waals surface area (Å²) in [7, 11) is 0. The molecule has 3 N–H and O–H groups in total. The Kier molecular flexibility index (Phi) is 7.65. The summed E-state index contributed by atoms with van der Waals surface area (Å²) in [6, 6.07) is 14.4. The van der Waals surface area contributed by atoms with Crippen molar-refractivity contribution < 1.29 is 14.4 Å². The summed E-state index contributed by atoms with van der Waals surface area (Å²) < 4.78 is 0. The molecule has 0 aromatic heterocycles. The molecule has 1 atom stereocenters. The molecule has 7 heteroatoms. The topological polar surface area (TPSA) is 90.5 Å². The second-order valence-corrected chi connectivity index (χ2v) is 8.10. The van der Waals surface area contributed by atoms with Crippen LogP contribution in [0.3, 0.4) is 0 Å². The molecule has 0 aliphatic carbocycles. The van der Waals surface area contributed by atoms with E-state index in [2.05, 4.69) is 22.9 Å². The summed E-state index contributed by atoms with van der Waals surface area (Å²) in [5, 5.41) is 7.98. The fourth-order valence-electron chi connectivity index (χ4n) is 3.72. The standard InChI is InChI=1S/C24H30N4O3/c1-17-7-6-12-28(16-17)23(30)20-10-11-21(18(2)13-20)25-15-22(29)27-24(31)26-14-19-8-4-3-5-9-19/h3-5,8-11,13,17,25H,6-7,12,14-16H2,1-2H3,(H2,26,27,29,31). The first-order valence-electron chi connectivity index (χ1n) is 10.7. The molecule has 2 aromatic carbocycles. The number of carbonyl (C=O) groups is 3. The van der Waals surface area contributed by atoms with Gasteiger partial charge in [0.05, 0.1) is 6.54 Å². The summed E-state index contributed by atoms with van der Waals surface area (Å²) >= 11 is 0. The van der Waals surface area contributed by atoms with Gasteiger partial charge < -0.3 is 15.5 Å². The van der Waals surface area contributed by atoms with Crippen molar-refractivity contribution in [3.63, 3.8) is 0 Å². The van der Waals surface area contributed by atoms with E-state index < -0.39 is 11.9 Å². The van der Waals surface area contributed by atoms with E-state index in [4.69, 9.17) is 0 Å². The van der Waals surface area contributed by atoms with Crippen LogP contribution in [0.5, 0.6) is 0 Å². The number of hydrogen-bond acceptors (Lipinski definition) is 4. The second-order valence-electron chi connectivity index (χ2n) is 8.10. The quantitative estimate of drug-likeness (QED) is 0.666. The Labute approximate surface area is 183 Å². The van der Waals surface area contributed by atoms with Crippen molar-refractivity contribution in [2.24, 2.45) is 5.92 Å². The molecule has 1 saturated heterocycles. The molecule has 0 bridgehead atoms. The van der Waals surface area contributed by atoms with Gasteiger partial charge in [0.1, 0.15) is 0 Å². The Morgan fingerprint density at radius 3 is 2.58 bits per heavy atom. The van der Waals surface area contributed by atoms with Gasteiger partial charge in [-0.2, -0.15) is 0 Å². The van der Waals surface area contributed by atoms with Crippen molar-refractivity contribution in [1.82, 2.24) is 15.5 Å². The van der Waals surface area contributed by atoms with Crippen LogP contribution in [-0.4, -0.2) is 42.4 Å². The van der Waals surface area contributed by atoms with Crippen LogP contribution in [0, 0.1) is 12.8 Å². The number of amides is 4. The van der Waals surface area contributed by atoms with Crippen molar-refractivity contribution in [2.45, 2.75) is 33.2 Å². The number of anilines is 1. The fourth-order valence-corrected chi connectivity index (χ4v) is 3.72. The fraction of sp³-hybridized carbons (Fsp3) is 0.375. The minimum atomic E-state index is -0.538. The Morgan fingerprint density at radius 2 is 1.87 bits per heavy atom. The van der Waals surface area contributed by atoms with Gasteiger partial charge in [-0.15, -0.1) is 0 Å². The van der Waals surface area contributed by atoms with Crippen LogP contribution in [0.25, 0.3) is 0 Å². The van der Waals surface area contributed by atoms with Crippen molar-refractivity contribution in [3.8, 4) is 0 Å². The minimum absolute atomic E-state index is 0.0451. The lowest BCUT2D eigenvalue weighted by atomic mass is 9.99. The first-order chi connectivity index (χ1) is 14.9. The van der Waals surface area contributed by atoms with Gasteiger partial charge >= 0.3 is 6.03 Å². The van der Waals surface area contributed by atoms with Crippen LogP contribution in [0.2, 0.25) is 0 Å². The van der Waals surface area contributed by atoms with Gasteiger partial charge in [-0.1, -0.05) is 37.3 Å². The first kappa shape index (κ1) is 22.3. The Bertz CT molecular complexity index is 930. The van der Waals surface area contributed by atoms with Crippen molar-refractivity contribution in [3.05, 3.63) is 65.2 Å². The second kappa shape index (κ2) is 10.6. The minimum Gasteiger partial charge on any atom is -0.376 e. The molecule has 4 amide bonds.